The standard InChI is InChI=1S/C29H34N8O10S2/c1-29(2)24(26(39)37(29)47-49(42,43)44)34-25(38)23(20-15-48-28(30)33-20)35-46-21(27(40)41)14-45-19-6-4-17(5-7-19)18-8-9-36(3)22(10-18)32-13-16-11-31-12-16/h4-10,15-16,21,24,31H,11-14H2,1-3H3,(H5,30,33,34,38,40,41,42,43,44)/b35-23-/t21?,24-/m1/s1. The summed E-state index contributed by atoms with van der Waals surface area (Å²) in [5.74, 6) is -1.60. The Balaban J connectivity index is 1.24. The predicted octanol–water partition coefficient (Wildman–Crippen LogP) is -0.402. The van der Waals surface area contributed by atoms with Crippen LogP contribution in [0.1, 0.15) is 19.5 Å². The van der Waals surface area contributed by atoms with Crippen LogP contribution in [0.2, 0.25) is 0 Å². The van der Waals surface area contributed by atoms with E-state index in [2.05, 4.69) is 30.4 Å². The van der Waals surface area contributed by atoms with E-state index in [9.17, 15) is 32.5 Å². The number of hydrogen-bond acceptors (Lipinski definition) is 15. The molecule has 4 heterocycles. The van der Waals surface area contributed by atoms with Crippen molar-refractivity contribution in [2.75, 3.05) is 37.3 Å². The van der Waals surface area contributed by atoms with Crippen molar-refractivity contribution in [2.24, 2.45) is 18.1 Å². The Labute approximate surface area is 284 Å². The number of pyridine rings is 1. The second kappa shape index (κ2) is 14.3. The molecular weight excluding hydrogens is 684 g/mol. The zero-order valence-electron chi connectivity index (χ0n) is 26.5. The molecule has 20 heteroatoms. The topological polar surface area (TPSA) is 251 Å². The lowest BCUT2D eigenvalue weighted by Crippen LogP contribution is -2.76. The molecule has 2 saturated heterocycles. The molecule has 2 fully saturated rings. The van der Waals surface area contributed by atoms with Crippen molar-refractivity contribution in [3.63, 3.8) is 0 Å². The number of nitrogens with zero attached hydrogens (tertiary/aromatic N) is 4. The van der Waals surface area contributed by atoms with Crippen LogP contribution >= 0.6 is 11.3 Å². The van der Waals surface area contributed by atoms with Gasteiger partial charge in [-0.1, -0.05) is 17.3 Å². The van der Waals surface area contributed by atoms with Crippen LogP contribution in [0.4, 0.5) is 10.9 Å². The number of anilines is 2. The van der Waals surface area contributed by atoms with E-state index in [-0.39, 0.29) is 10.8 Å². The Morgan fingerprint density at radius 3 is 2.55 bits per heavy atom. The Bertz CT molecular complexity index is 1860. The number of nitrogen functional groups attached to an aromatic ring is 1. The third kappa shape index (κ3) is 8.40. The van der Waals surface area contributed by atoms with Gasteiger partial charge in [-0.2, -0.15) is 9.35 Å². The summed E-state index contributed by atoms with van der Waals surface area (Å²) in [6.45, 7) is 5.03. The maximum Gasteiger partial charge on any atom is 0.351 e. The van der Waals surface area contributed by atoms with Crippen LogP contribution in [0.3, 0.4) is 0 Å². The fourth-order valence-corrected chi connectivity index (χ4v) is 5.86. The molecule has 0 radical (unpaired) electrons. The molecule has 5 rings (SSSR count). The van der Waals surface area contributed by atoms with Gasteiger partial charge in [0.05, 0.1) is 25.3 Å². The minimum atomic E-state index is -5.27. The van der Waals surface area contributed by atoms with Gasteiger partial charge in [-0.15, -0.1) is 11.3 Å². The number of aliphatic carboxylic acids is 1. The van der Waals surface area contributed by atoms with Gasteiger partial charge >= 0.3 is 5.97 Å². The normalized spacial score (nSPS) is 18.2. The van der Waals surface area contributed by atoms with Crippen molar-refractivity contribution in [3.05, 3.63) is 53.7 Å². The van der Waals surface area contributed by atoms with E-state index in [1.807, 2.05) is 42.1 Å². The van der Waals surface area contributed by atoms with Gasteiger partial charge in [-0.25, -0.2) is 22.8 Å². The van der Waals surface area contributed by atoms with E-state index in [1.165, 1.54) is 19.2 Å². The SMILES string of the molecule is C[n+]1ccc(-c2ccc(OCC(O/N=C(\C(=O)N[C@@H]3C(=O)N(OS(=O)(=O)[O-])C3(C)C)c3csc(N)n3)C(=O)O)cc2)cc1NCC1CNC1. The smallest absolute Gasteiger partial charge is 0.351 e. The summed E-state index contributed by atoms with van der Waals surface area (Å²) >= 11 is 0.957. The molecule has 0 bridgehead atoms. The largest absolute Gasteiger partial charge is 0.724 e. The van der Waals surface area contributed by atoms with Gasteiger partial charge in [-0.3, -0.25) is 14.9 Å². The van der Waals surface area contributed by atoms with E-state index in [0.717, 1.165) is 47.9 Å². The first-order valence-corrected chi connectivity index (χ1v) is 17.0. The Hall–Kier alpha value is -4.89. The van der Waals surface area contributed by atoms with E-state index < -0.39 is 58.2 Å². The number of nitrogens with one attached hydrogen (secondary N) is 3. The number of carbonyl (C=O) groups excluding carboxylic acids is 2. The number of aryl methyl sites for hydroxylation is 1. The highest BCUT2D eigenvalue weighted by molar-refractivity contribution is 7.80. The fourth-order valence-electron chi connectivity index (χ4n) is 4.86. The number of hydrogen-bond donors (Lipinski definition) is 5. The Morgan fingerprint density at radius 1 is 1.27 bits per heavy atom. The van der Waals surface area contributed by atoms with Crippen molar-refractivity contribution in [1.82, 2.24) is 20.7 Å². The van der Waals surface area contributed by atoms with Gasteiger partial charge in [0.25, 0.3) is 23.7 Å². The molecular formula is C29H34N8O10S2. The molecule has 2 aromatic heterocycles. The van der Waals surface area contributed by atoms with Crippen molar-refractivity contribution < 1.29 is 50.9 Å². The molecule has 2 aliphatic heterocycles. The summed E-state index contributed by atoms with van der Waals surface area (Å²) < 4.78 is 44.9. The maximum atomic E-state index is 13.2. The summed E-state index contributed by atoms with van der Waals surface area (Å²) in [4.78, 5) is 46.9. The van der Waals surface area contributed by atoms with Crippen LogP contribution in [-0.2, 0) is 41.0 Å². The molecule has 1 unspecified atom stereocenters. The third-order valence-electron chi connectivity index (χ3n) is 7.82. The molecule has 6 N–H and O–H groups in total. The van der Waals surface area contributed by atoms with Crippen LogP contribution in [0, 0.1) is 5.92 Å². The molecule has 0 spiro atoms. The summed E-state index contributed by atoms with van der Waals surface area (Å²) in [6, 6.07) is 9.68. The fraction of sp³-hybridized carbons (Fsp3) is 0.379. The minimum Gasteiger partial charge on any atom is -0.724 e. The number of aromatic nitrogens is 2. The number of thiazole rings is 1. The molecule has 3 aromatic rings. The average molecular weight is 719 g/mol. The number of nitrogens with two attached hydrogens (primary N) is 1. The van der Waals surface area contributed by atoms with Crippen LogP contribution in [0.25, 0.3) is 11.1 Å². The van der Waals surface area contributed by atoms with Gasteiger partial charge in [0.15, 0.2) is 10.8 Å². The highest BCUT2D eigenvalue weighted by Crippen LogP contribution is 2.33. The number of hydroxylamine groups is 2. The number of carboxylic acids is 1. The van der Waals surface area contributed by atoms with E-state index >= 15 is 0 Å². The van der Waals surface area contributed by atoms with Crippen LogP contribution in [-0.4, -0.2) is 95.5 Å². The number of amides is 2. The number of β-lactam (4-membered cyclic amide) rings is 1. The molecule has 2 amide bonds. The van der Waals surface area contributed by atoms with Crippen LogP contribution < -0.4 is 31.0 Å². The Morgan fingerprint density at radius 2 is 1.98 bits per heavy atom. The van der Waals surface area contributed by atoms with E-state index in [1.54, 1.807) is 12.1 Å². The number of carboxylic acid groups (broad SMARTS) is 1. The van der Waals surface area contributed by atoms with Crippen molar-refractivity contribution >= 4 is 56.2 Å². The summed E-state index contributed by atoms with van der Waals surface area (Å²) in [7, 11) is -3.31. The number of oxime groups is 1. The van der Waals surface area contributed by atoms with Gasteiger partial charge in [0.1, 0.15) is 24.1 Å². The third-order valence-corrected chi connectivity index (χ3v) is 8.83. The number of carbonyl (C=O) groups is 3. The molecule has 49 heavy (non-hydrogen) atoms. The highest BCUT2D eigenvalue weighted by Gasteiger charge is 2.57. The molecule has 2 aliphatic rings. The Kier molecular flexibility index (Phi) is 10.3. The lowest BCUT2D eigenvalue weighted by Gasteiger charge is -2.51. The van der Waals surface area contributed by atoms with Gasteiger partial charge < -0.3 is 35.6 Å². The van der Waals surface area contributed by atoms with E-state index in [4.69, 9.17) is 15.3 Å². The van der Waals surface area contributed by atoms with Crippen LogP contribution in [0.15, 0.2) is 53.1 Å². The van der Waals surface area contributed by atoms with Crippen molar-refractivity contribution in [1.29, 1.82) is 0 Å². The van der Waals surface area contributed by atoms with Crippen molar-refractivity contribution in [2.45, 2.75) is 31.5 Å². The highest BCUT2D eigenvalue weighted by atomic mass is 32.3. The first kappa shape index (κ1) is 35.4. The molecule has 18 nitrogen and oxygen atoms in total. The second-order valence-corrected chi connectivity index (χ2v) is 13.6. The van der Waals surface area contributed by atoms with Crippen molar-refractivity contribution in [3.8, 4) is 16.9 Å². The minimum absolute atomic E-state index is 0.0560. The monoisotopic (exact) mass is 718 g/mol. The second-order valence-electron chi connectivity index (χ2n) is 11.8. The number of rotatable bonds is 15. The molecule has 0 aliphatic carbocycles. The number of ether oxygens (including phenoxy) is 1. The zero-order chi connectivity index (χ0) is 35.5. The summed E-state index contributed by atoms with van der Waals surface area (Å²) in [5, 5.41) is 24.3. The molecule has 2 atom stereocenters. The van der Waals surface area contributed by atoms with E-state index in [0.29, 0.717) is 16.7 Å². The molecule has 262 valence electrons. The first-order chi connectivity index (χ1) is 23.1. The average Bonchev–Trinajstić information content (AvgIpc) is 3.45. The van der Waals surface area contributed by atoms with Crippen LogP contribution in [0.5, 0.6) is 5.75 Å². The predicted molar refractivity (Wildman–Crippen MR) is 173 cm³/mol. The summed E-state index contributed by atoms with van der Waals surface area (Å²) in [5.41, 5.74) is 5.50. The molecule has 1 aromatic carbocycles. The zero-order valence-corrected chi connectivity index (χ0v) is 28.1. The lowest BCUT2D eigenvalue weighted by atomic mass is 9.84. The first-order valence-electron chi connectivity index (χ1n) is 14.8. The summed E-state index contributed by atoms with van der Waals surface area (Å²) in [6.07, 6.45) is 0.278. The maximum absolute atomic E-state index is 13.2. The van der Waals surface area contributed by atoms with Gasteiger partial charge in [-0.05, 0) is 43.2 Å². The number of benzene rings is 1. The quantitative estimate of drug-likeness (QED) is 0.0335. The molecule has 0 saturated carbocycles. The lowest BCUT2D eigenvalue weighted by molar-refractivity contribution is -0.657. The van der Waals surface area contributed by atoms with Gasteiger partial charge in [0.2, 0.25) is 10.4 Å². The van der Waals surface area contributed by atoms with Gasteiger partial charge in [0, 0.05) is 30.5 Å².